The van der Waals surface area contributed by atoms with E-state index in [1.165, 1.54) is 0 Å². The highest BCUT2D eigenvalue weighted by atomic mass is 16.3. The summed E-state index contributed by atoms with van der Waals surface area (Å²) in [5.41, 5.74) is 1.48. The van der Waals surface area contributed by atoms with Crippen LogP contribution < -0.4 is 10.6 Å². The van der Waals surface area contributed by atoms with Crippen molar-refractivity contribution in [2.24, 2.45) is 0 Å². The zero-order valence-electron chi connectivity index (χ0n) is 15.8. The maximum Gasteiger partial charge on any atom is 0.255 e. The van der Waals surface area contributed by atoms with Gasteiger partial charge in [0.2, 0.25) is 0 Å². The van der Waals surface area contributed by atoms with Gasteiger partial charge in [-0.3, -0.25) is 9.20 Å². The number of phenols is 1. The molecule has 2 heterocycles. The van der Waals surface area contributed by atoms with E-state index in [0.29, 0.717) is 18.0 Å². The number of amides is 1. The number of rotatable bonds is 6. The number of phenolic OH excluding ortho intramolecular Hbond substituents is 1. The van der Waals surface area contributed by atoms with Gasteiger partial charge < -0.3 is 20.8 Å². The average Bonchev–Trinajstić information content (AvgIpc) is 3.34. The summed E-state index contributed by atoms with van der Waals surface area (Å²) in [5.74, 6) is 0.229. The molecule has 28 heavy (non-hydrogen) atoms. The van der Waals surface area contributed by atoms with Gasteiger partial charge in [0.05, 0.1) is 23.1 Å². The van der Waals surface area contributed by atoms with Gasteiger partial charge in [-0.2, -0.15) is 0 Å². The van der Waals surface area contributed by atoms with E-state index in [4.69, 9.17) is 0 Å². The van der Waals surface area contributed by atoms with Crippen LogP contribution in [0.25, 0.3) is 16.9 Å². The lowest BCUT2D eigenvalue weighted by molar-refractivity contribution is 0.0938. The average molecular weight is 381 g/mol. The lowest BCUT2D eigenvalue weighted by Crippen LogP contribution is -2.29. The first-order valence-corrected chi connectivity index (χ1v) is 9.24. The molecular weight excluding hydrogens is 358 g/mol. The van der Waals surface area contributed by atoms with Crippen molar-refractivity contribution in [3.63, 3.8) is 0 Å². The smallest absolute Gasteiger partial charge is 0.255 e. The van der Waals surface area contributed by atoms with Crippen LogP contribution in [0.3, 0.4) is 0 Å². The van der Waals surface area contributed by atoms with Gasteiger partial charge >= 0.3 is 0 Å². The Balaban J connectivity index is 1.64. The van der Waals surface area contributed by atoms with Crippen LogP contribution in [0.5, 0.6) is 5.75 Å². The summed E-state index contributed by atoms with van der Waals surface area (Å²) in [6.45, 7) is 3.75. The van der Waals surface area contributed by atoms with Gasteiger partial charge in [0.1, 0.15) is 5.75 Å². The fourth-order valence-electron chi connectivity index (χ4n) is 2.93. The molecule has 0 radical (unpaired) electrons. The third-order valence-corrected chi connectivity index (χ3v) is 4.57. The van der Waals surface area contributed by atoms with Crippen molar-refractivity contribution in [2.45, 2.75) is 38.3 Å². The molecule has 1 aliphatic rings. The number of aromatic hydroxyl groups is 1. The number of hydrogen-bond acceptors (Lipinski definition) is 6. The molecule has 1 saturated carbocycles. The maximum absolute atomic E-state index is 12.2. The second-order valence-electron chi connectivity index (χ2n) is 7.76. The molecule has 146 valence electrons. The van der Waals surface area contributed by atoms with Crippen LogP contribution in [0, 0.1) is 0 Å². The second kappa shape index (κ2) is 6.79. The second-order valence-corrected chi connectivity index (χ2v) is 7.76. The van der Waals surface area contributed by atoms with E-state index in [9.17, 15) is 15.0 Å². The number of nitrogens with one attached hydrogen (secondary N) is 2. The van der Waals surface area contributed by atoms with Crippen LogP contribution in [0.1, 0.15) is 37.0 Å². The van der Waals surface area contributed by atoms with Crippen molar-refractivity contribution in [1.29, 1.82) is 0 Å². The van der Waals surface area contributed by atoms with Gasteiger partial charge in [-0.15, -0.1) is 0 Å². The van der Waals surface area contributed by atoms with E-state index in [2.05, 4.69) is 20.6 Å². The molecule has 1 aliphatic carbocycles. The number of imidazole rings is 1. The van der Waals surface area contributed by atoms with Gasteiger partial charge in [-0.1, -0.05) is 6.07 Å². The summed E-state index contributed by atoms with van der Waals surface area (Å²) >= 11 is 0. The topological polar surface area (TPSA) is 112 Å². The molecule has 0 unspecified atom stereocenters. The minimum atomic E-state index is -0.882. The Kier molecular flexibility index (Phi) is 4.43. The molecule has 1 aromatic carbocycles. The van der Waals surface area contributed by atoms with E-state index < -0.39 is 5.60 Å². The number of hydrogen-bond donors (Lipinski definition) is 4. The standard InChI is InChI=1S/C20H23N5O3/c1-20(2,28)11-23-17-18-22-10-15(25(18)8-7-21-17)12-3-6-14(16(26)9-12)19(27)24-13-4-5-13/h3,6-10,13,26,28H,4-5,11H2,1-2H3,(H,21,23)(H,24,27). The zero-order chi connectivity index (χ0) is 19.9. The van der Waals surface area contributed by atoms with Crippen LogP contribution in [-0.4, -0.2) is 48.7 Å². The van der Waals surface area contributed by atoms with Crippen LogP contribution in [-0.2, 0) is 0 Å². The van der Waals surface area contributed by atoms with Crippen molar-refractivity contribution < 1.29 is 15.0 Å². The summed E-state index contributed by atoms with van der Waals surface area (Å²) in [4.78, 5) is 20.9. The zero-order valence-corrected chi connectivity index (χ0v) is 15.8. The summed E-state index contributed by atoms with van der Waals surface area (Å²) in [5, 5.41) is 26.2. The molecule has 0 bridgehead atoms. The third kappa shape index (κ3) is 3.77. The van der Waals surface area contributed by atoms with Crippen molar-refractivity contribution in [3.8, 4) is 17.0 Å². The molecule has 8 heteroatoms. The number of fused-ring (bicyclic) bond motifs is 1. The number of benzene rings is 1. The first kappa shape index (κ1) is 18.2. The fraction of sp³-hybridized carbons (Fsp3) is 0.350. The molecule has 0 saturated heterocycles. The van der Waals surface area contributed by atoms with Crippen LogP contribution in [0.4, 0.5) is 5.82 Å². The Morgan fingerprint density at radius 1 is 1.32 bits per heavy atom. The molecule has 8 nitrogen and oxygen atoms in total. The predicted octanol–water partition coefficient (Wildman–Crippen LogP) is 2.18. The SMILES string of the molecule is CC(C)(O)CNc1nccn2c(-c3ccc(C(=O)NC4CC4)c(O)c3)cnc12. The van der Waals surface area contributed by atoms with Crippen molar-refractivity contribution in [2.75, 3.05) is 11.9 Å². The molecule has 3 aromatic rings. The number of aliphatic hydroxyl groups is 1. The molecule has 0 aliphatic heterocycles. The normalized spacial score (nSPS) is 14.2. The molecular formula is C20H23N5O3. The molecule has 0 spiro atoms. The molecule has 4 N–H and O–H groups in total. The fourth-order valence-corrected chi connectivity index (χ4v) is 2.93. The summed E-state index contributed by atoms with van der Waals surface area (Å²) in [6, 6.07) is 5.20. The van der Waals surface area contributed by atoms with Crippen molar-refractivity contribution in [3.05, 3.63) is 42.4 Å². The number of anilines is 1. The largest absolute Gasteiger partial charge is 0.507 e. The Morgan fingerprint density at radius 3 is 2.79 bits per heavy atom. The minimum Gasteiger partial charge on any atom is -0.507 e. The van der Waals surface area contributed by atoms with E-state index in [-0.39, 0.29) is 23.3 Å². The van der Waals surface area contributed by atoms with Crippen LogP contribution >= 0.6 is 0 Å². The monoisotopic (exact) mass is 381 g/mol. The predicted molar refractivity (Wildman–Crippen MR) is 105 cm³/mol. The molecule has 2 aromatic heterocycles. The van der Waals surface area contributed by atoms with E-state index in [1.807, 2.05) is 4.40 Å². The molecule has 1 fully saturated rings. The summed E-state index contributed by atoms with van der Waals surface area (Å²) < 4.78 is 1.85. The van der Waals surface area contributed by atoms with Crippen molar-refractivity contribution in [1.82, 2.24) is 19.7 Å². The highest BCUT2D eigenvalue weighted by molar-refractivity contribution is 5.97. The summed E-state index contributed by atoms with van der Waals surface area (Å²) in [7, 11) is 0. The van der Waals surface area contributed by atoms with Crippen LogP contribution in [0.15, 0.2) is 36.8 Å². The number of aromatic nitrogens is 3. The first-order chi connectivity index (χ1) is 13.3. The summed E-state index contributed by atoms with van der Waals surface area (Å²) in [6.07, 6.45) is 7.08. The quantitative estimate of drug-likeness (QED) is 0.521. The van der Waals surface area contributed by atoms with Gasteiger partial charge in [0, 0.05) is 30.5 Å². The van der Waals surface area contributed by atoms with Gasteiger partial charge in [-0.25, -0.2) is 9.97 Å². The lowest BCUT2D eigenvalue weighted by Gasteiger charge is -2.18. The van der Waals surface area contributed by atoms with Gasteiger partial charge in [-0.05, 0) is 38.8 Å². The molecule has 1 amide bonds. The van der Waals surface area contributed by atoms with E-state index >= 15 is 0 Å². The Labute approximate surface area is 162 Å². The maximum atomic E-state index is 12.2. The molecule has 0 atom stereocenters. The van der Waals surface area contributed by atoms with Crippen LogP contribution in [0.2, 0.25) is 0 Å². The van der Waals surface area contributed by atoms with Crippen molar-refractivity contribution >= 4 is 17.4 Å². The van der Waals surface area contributed by atoms with Gasteiger partial charge in [0.25, 0.3) is 5.91 Å². The van der Waals surface area contributed by atoms with E-state index in [1.54, 1.807) is 50.6 Å². The number of carbonyl (C=O) groups is 1. The third-order valence-electron chi connectivity index (χ3n) is 4.57. The Morgan fingerprint density at radius 2 is 2.11 bits per heavy atom. The minimum absolute atomic E-state index is 0.0694. The highest BCUT2D eigenvalue weighted by Crippen LogP contribution is 2.29. The highest BCUT2D eigenvalue weighted by Gasteiger charge is 2.25. The number of nitrogens with zero attached hydrogens (tertiary/aromatic N) is 3. The lowest BCUT2D eigenvalue weighted by atomic mass is 10.1. The first-order valence-electron chi connectivity index (χ1n) is 9.24. The Bertz CT molecular complexity index is 1030. The Hall–Kier alpha value is -3.13. The number of carbonyl (C=O) groups excluding carboxylic acids is 1. The molecule has 4 rings (SSSR count). The van der Waals surface area contributed by atoms with Gasteiger partial charge in [0.15, 0.2) is 11.5 Å². The van der Waals surface area contributed by atoms with E-state index in [0.717, 1.165) is 24.1 Å².